The average Bonchev–Trinajstić information content (AvgIpc) is 1.90. The average molecular weight is 202 g/mol. The SMILES string of the molecule is CC(=O)[O-].[Zn+2].[c-]1ccccc1. The first kappa shape index (κ1) is 12.9. The molecule has 54 valence electrons. The van der Waals surface area contributed by atoms with Gasteiger partial charge in [0.1, 0.15) is 0 Å². The van der Waals surface area contributed by atoms with Crippen molar-refractivity contribution in [1.82, 2.24) is 0 Å². The van der Waals surface area contributed by atoms with Gasteiger partial charge in [0, 0.05) is 5.97 Å². The monoisotopic (exact) mass is 200 g/mol. The first-order chi connectivity index (χ1) is 4.73. The maximum Gasteiger partial charge on any atom is 2.00 e. The number of benzene rings is 1. The van der Waals surface area contributed by atoms with E-state index in [2.05, 4.69) is 6.07 Å². The standard InChI is InChI=1S/C6H5.C2H4O2.Zn/c1-2-4-6-5-3-1;1-2(3)4;/h1-5H;1H3,(H,3,4);/q-1;;+2/p-1. The maximum absolute atomic E-state index is 8.89. The zero-order valence-electron chi connectivity index (χ0n) is 6.41. The third-order valence-corrected chi connectivity index (χ3v) is 0.607. The zero-order chi connectivity index (χ0) is 7.82. The van der Waals surface area contributed by atoms with Gasteiger partial charge in [-0.2, -0.15) is 36.4 Å². The van der Waals surface area contributed by atoms with Crippen molar-refractivity contribution in [3.05, 3.63) is 36.4 Å². The van der Waals surface area contributed by atoms with E-state index in [4.69, 9.17) is 9.90 Å². The molecule has 0 atom stereocenters. The fraction of sp³-hybridized carbons (Fsp3) is 0.125. The normalized spacial score (nSPS) is 6.64. The van der Waals surface area contributed by atoms with Crippen LogP contribution in [-0.2, 0) is 24.3 Å². The molecule has 1 aromatic carbocycles. The van der Waals surface area contributed by atoms with Crippen LogP contribution in [0.15, 0.2) is 30.3 Å². The van der Waals surface area contributed by atoms with Crippen LogP contribution in [-0.4, -0.2) is 5.97 Å². The van der Waals surface area contributed by atoms with E-state index in [1.807, 2.05) is 30.3 Å². The Morgan fingerprint density at radius 1 is 1.27 bits per heavy atom. The molecular formula is C8H8O2Zn. The molecule has 0 N–H and O–H groups in total. The van der Waals surface area contributed by atoms with Crippen molar-refractivity contribution in [3.63, 3.8) is 0 Å². The van der Waals surface area contributed by atoms with Crippen LogP contribution in [0.3, 0.4) is 0 Å². The van der Waals surface area contributed by atoms with Gasteiger partial charge < -0.3 is 9.90 Å². The predicted molar refractivity (Wildman–Crippen MR) is 36.0 cm³/mol. The minimum atomic E-state index is -1.08. The van der Waals surface area contributed by atoms with Crippen LogP contribution < -0.4 is 5.11 Å². The molecule has 3 heteroatoms. The largest absolute Gasteiger partial charge is 2.00 e. The van der Waals surface area contributed by atoms with Crippen molar-refractivity contribution in [1.29, 1.82) is 0 Å². The number of aliphatic carboxylic acids is 1. The predicted octanol–water partition coefficient (Wildman–Crippen LogP) is 0.240. The summed E-state index contributed by atoms with van der Waals surface area (Å²) in [7, 11) is 0. The molecule has 0 radical (unpaired) electrons. The number of carboxylic acid groups (broad SMARTS) is 1. The molecular weight excluding hydrogens is 193 g/mol. The fourth-order valence-corrected chi connectivity index (χ4v) is 0.342. The summed E-state index contributed by atoms with van der Waals surface area (Å²) in [5.74, 6) is -1.08. The minimum Gasteiger partial charge on any atom is -0.550 e. The van der Waals surface area contributed by atoms with Crippen molar-refractivity contribution in [2.24, 2.45) is 0 Å². The third kappa shape index (κ3) is 17.6. The van der Waals surface area contributed by atoms with Crippen molar-refractivity contribution in [2.45, 2.75) is 6.92 Å². The van der Waals surface area contributed by atoms with E-state index in [9.17, 15) is 0 Å². The summed E-state index contributed by atoms with van der Waals surface area (Å²) in [4.78, 5) is 8.89. The second-order valence-electron chi connectivity index (χ2n) is 1.57. The van der Waals surface area contributed by atoms with Gasteiger partial charge in [-0.05, 0) is 6.92 Å². The number of hydrogen-bond donors (Lipinski definition) is 0. The number of rotatable bonds is 0. The summed E-state index contributed by atoms with van der Waals surface area (Å²) in [5, 5.41) is 8.89. The molecule has 0 fully saturated rings. The van der Waals surface area contributed by atoms with E-state index in [0.29, 0.717) is 0 Å². The fourth-order valence-electron chi connectivity index (χ4n) is 0.342. The second-order valence-corrected chi connectivity index (χ2v) is 1.57. The van der Waals surface area contributed by atoms with Crippen LogP contribution in [0.1, 0.15) is 6.92 Å². The number of carbonyl (C=O) groups is 1. The molecule has 0 heterocycles. The molecule has 0 saturated carbocycles. The molecule has 1 rings (SSSR count). The van der Waals surface area contributed by atoms with E-state index in [1.165, 1.54) is 0 Å². The summed E-state index contributed by atoms with van der Waals surface area (Å²) in [6.07, 6.45) is 0. The molecule has 0 spiro atoms. The molecule has 0 unspecified atom stereocenters. The van der Waals surface area contributed by atoms with Crippen molar-refractivity contribution in [2.75, 3.05) is 0 Å². The molecule has 2 nitrogen and oxygen atoms in total. The molecule has 1 aromatic rings. The van der Waals surface area contributed by atoms with Crippen LogP contribution >= 0.6 is 0 Å². The van der Waals surface area contributed by atoms with Gasteiger partial charge in [0.05, 0.1) is 0 Å². The summed E-state index contributed by atoms with van der Waals surface area (Å²) in [6.45, 7) is 0.972. The van der Waals surface area contributed by atoms with Gasteiger partial charge in [0.25, 0.3) is 0 Å². The van der Waals surface area contributed by atoms with E-state index < -0.39 is 5.97 Å². The van der Waals surface area contributed by atoms with Crippen molar-refractivity contribution >= 4 is 5.97 Å². The summed E-state index contributed by atoms with van der Waals surface area (Å²) >= 11 is 0. The first-order valence-electron chi connectivity index (χ1n) is 2.82. The Balaban J connectivity index is 0. The van der Waals surface area contributed by atoms with Crippen LogP contribution in [0.4, 0.5) is 0 Å². The number of carbonyl (C=O) groups excluding carboxylic acids is 1. The molecule has 0 aliphatic rings. The van der Waals surface area contributed by atoms with Crippen LogP contribution in [0.25, 0.3) is 0 Å². The van der Waals surface area contributed by atoms with Crippen molar-refractivity contribution in [3.8, 4) is 0 Å². The van der Waals surface area contributed by atoms with Gasteiger partial charge in [-0.15, -0.1) is 0 Å². The molecule has 0 aliphatic heterocycles. The van der Waals surface area contributed by atoms with Gasteiger partial charge in [0.2, 0.25) is 0 Å². The van der Waals surface area contributed by atoms with E-state index in [-0.39, 0.29) is 19.5 Å². The molecule has 0 bridgehead atoms. The van der Waals surface area contributed by atoms with Crippen molar-refractivity contribution < 1.29 is 29.4 Å². The first-order valence-corrected chi connectivity index (χ1v) is 2.82. The van der Waals surface area contributed by atoms with Crippen LogP contribution in [0.5, 0.6) is 0 Å². The summed E-state index contributed by atoms with van der Waals surface area (Å²) in [6, 6.07) is 12.5. The molecule has 0 saturated heterocycles. The van der Waals surface area contributed by atoms with Gasteiger partial charge >= 0.3 is 19.5 Å². The molecule has 0 aliphatic carbocycles. The maximum atomic E-state index is 8.89. The molecule has 11 heavy (non-hydrogen) atoms. The Morgan fingerprint density at radius 2 is 1.64 bits per heavy atom. The van der Waals surface area contributed by atoms with E-state index >= 15 is 0 Å². The Bertz CT molecular complexity index is 144. The number of carboxylic acids is 1. The molecule has 0 amide bonds. The summed E-state index contributed by atoms with van der Waals surface area (Å²) < 4.78 is 0. The topological polar surface area (TPSA) is 40.1 Å². The van der Waals surface area contributed by atoms with Crippen LogP contribution in [0.2, 0.25) is 0 Å². The quantitative estimate of drug-likeness (QED) is 0.446. The van der Waals surface area contributed by atoms with Gasteiger partial charge in [-0.1, -0.05) is 0 Å². The Morgan fingerprint density at radius 3 is 1.73 bits per heavy atom. The van der Waals surface area contributed by atoms with E-state index in [1.54, 1.807) is 0 Å². The van der Waals surface area contributed by atoms with Gasteiger partial charge in [-0.3, -0.25) is 0 Å². The zero-order valence-corrected chi connectivity index (χ0v) is 9.38. The molecule has 0 aromatic heterocycles. The van der Waals surface area contributed by atoms with E-state index in [0.717, 1.165) is 6.92 Å². The van der Waals surface area contributed by atoms with Gasteiger partial charge in [0.15, 0.2) is 0 Å². The van der Waals surface area contributed by atoms with Gasteiger partial charge in [-0.25, -0.2) is 0 Å². The summed E-state index contributed by atoms with van der Waals surface area (Å²) in [5.41, 5.74) is 0. The Kier molecular flexibility index (Phi) is 11.0. The Hall–Kier alpha value is -0.687. The minimum absolute atomic E-state index is 0. The Labute approximate surface area is 79.0 Å². The smallest absolute Gasteiger partial charge is 0.550 e. The number of hydrogen-bond acceptors (Lipinski definition) is 2. The van der Waals surface area contributed by atoms with Crippen LogP contribution in [0, 0.1) is 6.07 Å². The second kappa shape index (κ2) is 9.31. The third-order valence-electron chi connectivity index (χ3n) is 0.607.